The number of methoxy groups -OCH3 is 2. The van der Waals surface area contributed by atoms with Crippen LogP contribution in [0.3, 0.4) is 0 Å². The van der Waals surface area contributed by atoms with Crippen LogP contribution in [0.2, 0.25) is 0 Å². The minimum atomic E-state index is -0.550. The fourth-order valence-corrected chi connectivity index (χ4v) is 2.14. The Bertz CT molecular complexity index is 760. The summed E-state index contributed by atoms with van der Waals surface area (Å²) < 4.78 is 26.4. The normalized spacial score (nSPS) is 11.9. The Morgan fingerprint density at radius 1 is 1.00 bits per heavy atom. The van der Waals surface area contributed by atoms with Crippen LogP contribution in [-0.4, -0.2) is 25.9 Å². The molecule has 0 radical (unpaired) electrons. The lowest BCUT2D eigenvalue weighted by Gasteiger charge is -2.12. The summed E-state index contributed by atoms with van der Waals surface area (Å²) in [6.45, 7) is 0.160. The average molecular weight is 319 g/mol. The molecule has 1 heterocycles. The largest absolute Gasteiger partial charge is 0.493 e. The lowest BCUT2D eigenvalue weighted by molar-refractivity contribution is -0.385. The van der Waals surface area contributed by atoms with Crippen molar-refractivity contribution >= 4 is 5.69 Å². The first-order valence-electron chi connectivity index (χ1n) is 6.60. The Morgan fingerprint density at radius 2 is 1.74 bits per heavy atom. The van der Waals surface area contributed by atoms with Gasteiger partial charge in [0, 0.05) is 12.1 Å². The van der Waals surface area contributed by atoms with Gasteiger partial charge in [-0.25, -0.2) is 0 Å². The molecule has 3 rings (SSSR count). The molecule has 0 aromatic heterocycles. The minimum Gasteiger partial charge on any atom is -0.493 e. The van der Waals surface area contributed by atoms with Crippen molar-refractivity contribution in [2.75, 3.05) is 21.0 Å². The SMILES string of the molecule is COc1cc([N+](=O)[O-])c(OC)cc1Oc1ccc2c(c1)OCO2. The van der Waals surface area contributed by atoms with E-state index in [4.69, 9.17) is 23.7 Å². The highest BCUT2D eigenvalue weighted by atomic mass is 16.7. The van der Waals surface area contributed by atoms with Gasteiger partial charge in [0.2, 0.25) is 12.5 Å². The quantitative estimate of drug-likeness (QED) is 0.617. The van der Waals surface area contributed by atoms with E-state index < -0.39 is 4.92 Å². The van der Waals surface area contributed by atoms with E-state index in [0.29, 0.717) is 17.2 Å². The maximum atomic E-state index is 11.0. The van der Waals surface area contributed by atoms with Crippen molar-refractivity contribution in [3.8, 4) is 34.5 Å². The van der Waals surface area contributed by atoms with Crippen LogP contribution in [0.5, 0.6) is 34.5 Å². The van der Waals surface area contributed by atoms with E-state index in [1.807, 2.05) is 0 Å². The smallest absolute Gasteiger partial charge is 0.314 e. The Kier molecular flexibility index (Phi) is 3.80. The Balaban J connectivity index is 1.97. The molecule has 23 heavy (non-hydrogen) atoms. The molecular weight excluding hydrogens is 306 g/mol. The third-order valence-corrected chi connectivity index (χ3v) is 3.23. The fourth-order valence-electron chi connectivity index (χ4n) is 2.14. The lowest BCUT2D eigenvalue weighted by Crippen LogP contribution is -1.97. The second kappa shape index (κ2) is 5.91. The van der Waals surface area contributed by atoms with Crippen molar-refractivity contribution in [1.29, 1.82) is 0 Å². The second-order valence-corrected chi connectivity index (χ2v) is 4.55. The van der Waals surface area contributed by atoms with Gasteiger partial charge in [-0.15, -0.1) is 0 Å². The van der Waals surface area contributed by atoms with Crippen LogP contribution in [-0.2, 0) is 0 Å². The zero-order valence-corrected chi connectivity index (χ0v) is 12.4. The molecule has 0 fully saturated rings. The predicted molar refractivity (Wildman–Crippen MR) is 78.8 cm³/mol. The van der Waals surface area contributed by atoms with E-state index in [1.165, 1.54) is 26.4 Å². The zero-order chi connectivity index (χ0) is 16.4. The van der Waals surface area contributed by atoms with E-state index in [1.54, 1.807) is 18.2 Å². The Morgan fingerprint density at radius 3 is 2.43 bits per heavy atom. The summed E-state index contributed by atoms with van der Waals surface area (Å²) in [6.07, 6.45) is 0. The lowest BCUT2D eigenvalue weighted by atomic mass is 10.2. The maximum Gasteiger partial charge on any atom is 0.314 e. The first-order valence-corrected chi connectivity index (χ1v) is 6.60. The third-order valence-electron chi connectivity index (χ3n) is 3.23. The van der Waals surface area contributed by atoms with Crippen LogP contribution >= 0.6 is 0 Å². The highest BCUT2D eigenvalue weighted by molar-refractivity contribution is 5.59. The minimum absolute atomic E-state index is 0.0755. The molecule has 0 aliphatic carbocycles. The molecule has 0 N–H and O–H groups in total. The Labute approximate surface area is 131 Å². The van der Waals surface area contributed by atoms with Gasteiger partial charge >= 0.3 is 5.69 Å². The molecule has 120 valence electrons. The number of nitro benzene ring substituents is 1. The van der Waals surface area contributed by atoms with E-state index in [-0.39, 0.29) is 29.7 Å². The number of nitro groups is 1. The van der Waals surface area contributed by atoms with Gasteiger partial charge in [-0.3, -0.25) is 10.1 Å². The van der Waals surface area contributed by atoms with Gasteiger partial charge in [-0.05, 0) is 12.1 Å². The van der Waals surface area contributed by atoms with E-state index in [9.17, 15) is 10.1 Å². The number of rotatable bonds is 5. The molecule has 0 saturated carbocycles. The van der Waals surface area contributed by atoms with Crippen LogP contribution in [0.25, 0.3) is 0 Å². The van der Waals surface area contributed by atoms with Gasteiger partial charge in [0.1, 0.15) is 5.75 Å². The molecule has 0 bridgehead atoms. The van der Waals surface area contributed by atoms with E-state index in [2.05, 4.69) is 0 Å². The molecular formula is C15H13NO7. The van der Waals surface area contributed by atoms with Crippen LogP contribution in [0.4, 0.5) is 5.69 Å². The van der Waals surface area contributed by atoms with E-state index >= 15 is 0 Å². The first kappa shape index (κ1) is 14.8. The van der Waals surface area contributed by atoms with Gasteiger partial charge in [0.15, 0.2) is 23.0 Å². The van der Waals surface area contributed by atoms with Gasteiger partial charge in [-0.2, -0.15) is 0 Å². The molecule has 8 nitrogen and oxygen atoms in total. The number of fused-ring (bicyclic) bond motifs is 1. The highest BCUT2D eigenvalue weighted by Crippen LogP contribution is 2.42. The number of ether oxygens (including phenoxy) is 5. The maximum absolute atomic E-state index is 11.0. The molecule has 0 spiro atoms. The molecule has 2 aromatic carbocycles. The van der Waals surface area contributed by atoms with Crippen molar-refractivity contribution in [2.24, 2.45) is 0 Å². The van der Waals surface area contributed by atoms with Crippen LogP contribution < -0.4 is 23.7 Å². The monoisotopic (exact) mass is 319 g/mol. The Hall–Kier alpha value is -3.16. The topological polar surface area (TPSA) is 89.3 Å². The molecule has 1 aliphatic heterocycles. The molecule has 0 unspecified atom stereocenters. The van der Waals surface area contributed by atoms with Crippen molar-refractivity contribution in [3.05, 3.63) is 40.4 Å². The van der Waals surface area contributed by atoms with Gasteiger partial charge in [0.05, 0.1) is 25.2 Å². The summed E-state index contributed by atoms with van der Waals surface area (Å²) in [5, 5.41) is 11.0. The number of nitrogens with zero attached hydrogens (tertiary/aromatic N) is 1. The van der Waals surface area contributed by atoms with Crippen molar-refractivity contribution in [3.63, 3.8) is 0 Å². The van der Waals surface area contributed by atoms with Crippen LogP contribution in [0.15, 0.2) is 30.3 Å². The highest BCUT2D eigenvalue weighted by Gasteiger charge is 2.21. The molecule has 0 saturated heterocycles. The second-order valence-electron chi connectivity index (χ2n) is 4.55. The molecule has 0 atom stereocenters. The summed E-state index contributed by atoms with van der Waals surface area (Å²) in [4.78, 5) is 10.5. The van der Waals surface area contributed by atoms with Gasteiger partial charge < -0.3 is 23.7 Å². The molecule has 0 amide bonds. The third kappa shape index (κ3) is 2.78. The fraction of sp³-hybridized carbons (Fsp3) is 0.200. The summed E-state index contributed by atoms with van der Waals surface area (Å²) in [5.74, 6) is 2.25. The standard InChI is InChI=1S/C15H13NO7/c1-19-12-7-15(13(20-2)6-10(12)16(17)18)23-9-3-4-11-14(5-9)22-8-21-11/h3-7H,8H2,1-2H3. The van der Waals surface area contributed by atoms with Gasteiger partial charge in [0.25, 0.3) is 0 Å². The number of hydrogen-bond donors (Lipinski definition) is 0. The summed E-state index contributed by atoms with van der Waals surface area (Å²) >= 11 is 0. The summed E-state index contributed by atoms with van der Waals surface area (Å²) in [5.41, 5.74) is -0.206. The van der Waals surface area contributed by atoms with Crippen molar-refractivity contribution < 1.29 is 28.6 Å². The summed E-state index contributed by atoms with van der Waals surface area (Å²) in [7, 11) is 2.75. The van der Waals surface area contributed by atoms with Crippen molar-refractivity contribution in [2.45, 2.75) is 0 Å². The molecule has 2 aromatic rings. The van der Waals surface area contributed by atoms with Crippen LogP contribution in [0.1, 0.15) is 0 Å². The van der Waals surface area contributed by atoms with Crippen LogP contribution in [0, 0.1) is 10.1 Å². The first-order chi connectivity index (χ1) is 11.1. The van der Waals surface area contributed by atoms with Crippen molar-refractivity contribution in [1.82, 2.24) is 0 Å². The predicted octanol–water partition coefficient (Wildman–Crippen LogP) is 3.13. The molecule has 1 aliphatic rings. The number of hydrogen-bond acceptors (Lipinski definition) is 7. The zero-order valence-electron chi connectivity index (χ0n) is 12.4. The van der Waals surface area contributed by atoms with E-state index in [0.717, 1.165) is 0 Å². The molecule has 8 heteroatoms. The average Bonchev–Trinajstić information content (AvgIpc) is 3.01. The summed E-state index contributed by atoms with van der Waals surface area (Å²) in [6, 6.07) is 7.73. The van der Waals surface area contributed by atoms with Gasteiger partial charge in [-0.1, -0.05) is 0 Å². The number of benzene rings is 2.